The number of fused-ring (bicyclic) bond motifs is 3. The normalized spacial score (nSPS) is 11.2. The van der Waals surface area contributed by atoms with Crippen LogP contribution in [0.15, 0.2) is 48.5 Å². The van der Waals surface area contributed by atoms with Gasteiger partial charge in [-0.15, -0.1) is 0 Å². The third-order valence-corrected chi connectivity index (χ3v) is 6.33. The van der Waals surface area contributed by atoms with Gasteiger partial charge < -0.3 is 4.57 Å². The molecule has 0 radical (unpaired) electrons. The minimum atomic E-state index is 0.726. The number of nitrogens with zero attached hydrogens (tertiary/aromatic N) is 4. The van der Waals surface area contributed by atoms with Gasteiger partial charge in [0.25, 0.3) is 0 Å². The SMILES string of the molecule is CC#Cc1cc2c(C)nc3c(-c4c(C)cc(C)cc4C)c(C)nn3c2n1Cc1ccccc1. The van der Waals surface area contributed by atoms with Crippen molar-refractivity contribution in [1.82, 2.24) is 19.2 Å². The minimum Gasteiger partial charge on any atom is -0.314 e. The first-order valence-corrected chi connectivity index (χ1v) is 11.3. The fraction of sp³-hybridized carbons (Fsp3) is 0.241. The van der Waals surface area contributed by atoms with E-state index in [2.05, 4.69) is 93.5 Å². The monoisotopic (exact) mass is 432 g/mol. The molecule has 0 saturated heterocycles. The Hall–Kier alpha value is -3.84. The fourth-order valence-electron chi connectivity index (χ4n) is 5.04. The summed E-state index contributed by atoms with van der Waals surface area (Å²) < 4.78 is 4.30. The molecule has 4 heteroatoms. The molecule has 3 aromatic heterocycles. The second-order valence-electron chi connectivity index (χ2n) is 8.88. The molecular weight excluding hydrogens is 404 g/mol. The van der Waals surface area contributed by atoms with Crippen molar-refractivity contribution in [3.63, 3.8) is 0 Å². The first-order chi connectivity index (χ1) is 15.9. The highest BCUT2D eigenvalue weighted by atomic mass is 15.3. The number of rotatable bonds is 3. The average Bonchev–Trinajstić information content (AvgIpc) is 3.27. The Morgan fingerprint density at radius 3 is 2.21 bits per heavy atom. The first kappa shape index (κ1) is 21.0. The van der Waals surface area contributed by atoms with E-state index in [9.17, 15) is 0 Å². The number of benzene rings is 2. The van der Waals surface area contributed by atoms with E-state index in [1.165, 1.54) is 27.8 Å². The van der Waals surface area contributed by atoms with Crippen LogP contribution in [-0.2, 0) is 6.54 Å². The molecule has 164 valence electrons. The molecule has 3 heterocycles. The zero-order valence-corrected chi connectivity index (χ0v) is 20.1. The lowest BCUT2D eigenvalue weighted by atomic mass is 9.94. The summed E-state index contributed by atoms with van der Waals surface area (Å²) >= 11 is 0. The van der Waals surface area contributed by atoms with Crippen LogP contribution in [0.4, 0.5) is 0 Å². The molecule has 0 aliphatic carbocycles. The molecule has 5 rings (SSSR count). The quantitative estimate of drug-likeness (QED) is 0.313. The van der Waals surface area contributed by atoms with E-state index in [-0.39, 0.29) is 0 Å². The van der Waals surface area contributed by atoms with Crippen LogP contribution in [0, 0.1) is 46.5 Å². The Kier molecular flexibility index (Phi) is 5.06. The Balaban J connectivity index is 1.87. The van der Waals surface area contributed by atoms with E-state index in [0.29, 0.717) is 0 Å². The van der Waals surface area contributed by atoms with Crippen molar-refractivity contribution >= 4 is 16.7 Å². The molecule has 0 aliphatic rings. The molecule has 0 N–H and O–H groups in total. The van der Waals surface area contributed by atoms with E-state index >= 15 is 0 Å². The number of aromatic nitrogens is 4. The van der Waals surface area contributed by atoms with Gasteiger partial charge in [0.15, 0.2) is 5.65 Å². The molecule has 0 atom stereocenters. The van der Waals surface area contributed by atoms with Crippen LogP contribution >= 0.6 is 0 Å². The van der Waals surface area contributed by atoms with Crippen molar-refractivity contribution < 1.29 is 0 Å². The van der Waals surface area contributed by atoms with E-state index in [0.717, 1.165) is 45.9 Å². The minimum absolute atomic E-state index is 0.726. The standard InChI is InChI=1S/C29H28N4/c1-7-11-24-16-25-21(5)30-28-27(26-19(3)14-18(2)15-20(26)4)22(6)31-33(28)29(25)32(24)17-23-12-9-8-10-13-23/h8-10,12-16H,17H2,1-6H3. The maximum atomic E-state index is 5.07. The van der Waals surface area contributed by atoms with Gasteiger partial charge in [-0.3, -0.25) is 0 Å². The molecule has 0 saturated carbocycles. The summed E-state index contributed by atoms with van der Waals surface area (Å²) in [5.41, 5.74) is 12.2. The van der Waals surface area contributed by atoms with Crippen LogP contribution in [0.1, 0.15) is 46.3 Å². The second kappa shape index (κ2) is 7.94. The summed E-state index contributed by atoms with van der Waals surface area (Å²) in [7, 11) is 0. The van der Waals surface area contributed by atoms with E-state index in [4.69, 9.17) is 10.1 Å². The van der Waals surface area contributed by atoms with Crippen molar-refractivity contribution in [2.45, 2.75) is 48.1 Å². The third-order valence-electron chi connectivity index (χ3n) is 6.33. The predicted octanol–water partition coefficient (Wildman–Crippen LogP) is 6.31. The van der Waals surface area contributed by atoms with Gasteiger partial charge >= 0.3 is 0 Å². The molecule has 5 aromatic rings. The van der Waals surface area contributed by atoms with Gasteiger partial charge in [0.1, 0.15) is 5.65 Å². The molecule has 2 aromatic carbocycles. The van der Waals surface area contributed by atoms with Crippen molar-refractivity contribution in [3.05, 3.63) is 87.9 Å². The lowest BCUT2D eigenvalue weighted by Gasteiger charge is -2.12. The lowest BCUT2D eigenvalue weighted by molar-refractivity contribution is 0.786. The Labute approximate surface area is 194 Å². The number of hydrogen-bond donors (Lipinski definition) is 0. The molecule has 0 amide bonds. The van der Waals surface area contributed by atoms with Gasteiger partial charge in [0.05, 0.1) is 29.2 Å². The van der Waals surface area contributed by atoms with Gasteiger partial charge in [-0.25, -0.2) is 4.98 Å². The topological polar surface area (TPSA) is 35.1 Å². The summed E-state index contributed by atoms with van der Waals surface area (Å²) in [5.74, 6) is 6.38. The number of aryl methyl sites for hydroxylation is 5. The molecule has 4 nitrogen and oxygen atoms in total. The molecule has 0 unspecified atom stereocenters. The summed E-state index contributed by atoms with van der Waals surface area (Å²) in [4.78, 5) is 5.07. The third kappa shape index (κ3) is 3.41. The van der Waals surface area contributed by atoms with Gasteiger partial charge in [0, 0.05) is 5.39 Å². The van der Waals surface area contributed by atoms with E-state index in [1.807, 2.05) is 17.5 Å². The van der Waals surface area contributed by atoms with Crippen molar-refractivity contribution in [3.8, 4) is 23.0 Å². The van der Waals surface area contributed by atoms with Gasteiger partial charge in [-0.05, 0) is 75.8 Å². The van der Waals surface area contributed by atoms with Crippen LogP contribution in [0.2, 0.25) is 0 Å². The highest BCUT2D eigenvalue weighted by molar-refractivity contribution is 5.90. The van der Waals surface area contributed by atoms with Crippen LogP contribution in [0.3, 0.4) is 0 Å². The molecule has 0 fully saturated rings. The van der Waals surface area contributed by atoms with Crippen molar-refractivity contribution in [1.29, 1.82) is 0 Å². The van der Waals surface area contributed by atoms with Crippen LogP contribution in [-0.4, -0.2) is 19.2 Å². The summed E-state index contributed by atoms with van der Waals surface area (Å²) in [6.07, 6.45) is 0. The zero-order valence-electron chi connectivity index (χ0n) is 20.1. The maximum Gasteiger partial charge on any atom is 0.165 e. The first-order valence-electron chi connectivity index (χ1n) is 11.3. The Bertz CT molecular complexity index is 1560. The van der Waals surface area contributed by atoms with Crippen LogP contribution < -0.4 is 0 Å². The summed E-state index contributed by atoms with van der Waals surface area (Å²) in [5, 5.41) is 6.11. The lowest BCUT2D eigenvalue weighted by Crippen LogP contribution is -2.07. The molecule has 0 aliphatic heterocycles. The maximum absolute atomic E-state index is 5.07. The molecule has 33 heavy (non-hydrogen) atoms. The van der Waals surface area contributed by atoms with Gasteiger partial charge in [-0.1, -0.05) is 53.9 Å². The predicted molar refractivity (Wildman–Crippen MR) is 136 cm³/mol. The highest BCUT2D eigenvalue weighted by Gasteiger charge is 2.22. The Morgan fingerprint density at radius 1 is 0.848 bits per heavy atom. The van der Waals surface area contributed by atoms with Crippen LogP contribution in [0.25, 0.3) is 27.8 Å². The fourth-order valence-corrected chi connectivity index (χ4v) is 5.04. The smallest absolute Gasteiger partial charge is 0.165 e. The van der Waals surface area contributed by atoms with Crippen molar-refractivity contribution in [2.75, 3.05) is 0 Å². The Morgan fingerprint density at radius 2 is 1.55 bits per heavy atom. The molecule has 0 spiro atoms. The van der Waals surface area contributed by atoms with E-state index < -0.39 is 0 Å². The summed E-state index contributed by atoms with van der Waals surface area (Å²) in [6.45, 7) is 13.3. The highest BCUT2D eigenvalue weighted by Crippen LogP contribution is 2.35. The zero-order chi connectivity index (χ0) is 23.3. The summed E-state index contributed by atoms with van der Waals surface area (Å²) in [6, 6.07) is 17.1. The van der Waals surface area contributed by atoms with Crippen LogP contribution in [0.5, 0.6) is 0 Å². The van der Waals surface area contributed by atoms with Crippen molar-refractivity contribution in [2.24, 2.45) is 0 Å². The molecular formula is C29H28N4. The largest absolute Gasteiger partial charge is 0.314 e. The number of hydrogen-bond acceptors (Lipinski definition) is 2. The van der Waals surface area contributed by atoms with E-state index in [1.54, 1.807) is 0 Å². The average molecular weight is 433 g/mol. The molecule has 0 bridgehead atoms. The van der Waals surface area contributed by atoms with Gasteiger partial charge in [0.2, 0.25) is 0 Å². The second-order valence-corrected chi connectivity index (χ2v) is 8.88. The van der Waals surface area contributed by atoms with Gasteiger partial charge in [-0.2, -0.15) is 9.61 Å².